The molecule has 0 aromatic heterocycles. The van der Waals surface area contributed by atoms with E-state index in [9.17, 15) is 14.7 Å². The number of fused-ring (bicyclic) bond motifs is 7. The fourth-order valence-electron chi connectivity index (χ4n) is 11.6. The van der Waals surface area contributed by atoms with Crippen LogP contribution >= 0.6 is 0 Å². The van der Waals surface area contributed by atoms with Crippen molar-refractivity contribution in [3.8, 4) is 0 Å². The smallest absolute Gasteiger partial charge is 0.338 e. The molecule has 4 heteroatoms. The number of carboxylic acids is 1. The van der Waals surface area contributed by atoms with Crippen molar-refractivity contribution in [3.05, 3.63) is 47.5 Å². The van der Waals surface area contributed by atoms with Gasteiger partial charge in [0.2, 0.25) is 0 Å². The van der Waals surface area contributed by atoms with E-state index < -0.39 is 11.4 Å². The van der Waals surface area contributed by atoms with Crippen molar-refractivity contribution >= 4 is 11.9 Å². The summed E-state index contributed by atoms with van der Waals surface area (Å²) < 4.78 is 6.26. The SMILES string of the molecule is CC1(C)CC[C@]2(C(=O)O)CC[C@]3(C)C(=CC[C@@H]4[C@@]5(C)CC[C@H](OC(=O)c6ccccc6)C(C)(C)[C@@H]5CC[C@]43C)[C@@H]2C1. The van der Waals surface area contributed by atoms with Gasteiger partial charge in [-0.2, -0.15) is 0 Å². The molecule has 0 saturated heterocycles. The van der Waals surface area contributed by atoms with Crippen LogP contribution in [0.4, 0.5) is 0 Å². The van der Waals surface area contributed by atoms with Gasteiger partial charge in [-0.15, -0.1) is 0 Å². The maximum atomic E-state index is 13.1. The second-order valence-corrected chi connectivity index (χ2v) is 16.8. The lowest BCUT2D eigenvalue weighted by molar-refractivity contribution is -0.205. The topological polar surface area (TPSA) is 63.6 Å². The Morgan fingerprint density at radius 2 is 1.51 bits per heavy atom. The molecule has 0 radical (unpaired) electrons. The van der Waals surface area contributed by atoms with Crippen molar-refractivity contribution < 1.29 is 19.4 Å². The number of carbonyl (C=O) groups is 2. The second kappa shape index (κ2) is 9.20. The van der Waals surface area contributed by atoms with Gasteiger partial charge in [-0.3, -0.25) is 4.79 Å². The third kappa shape index (κ3) is 3.97. The fourth-order valence-corrected chi connectivity index (χ4v) is 11.6. The summed E-state index contributed by atoms with van der Waals surface area (Å²) in [5, 5.41) is 10.6. The molecule has 0 heterocycles. The Hall–Kier alpha value is -2.10. The monoisotopic (exact) mass is 560 g/mol. The quantitative estimate of drug-likeness (QED) is 0.296. The Kier molecular flexibility index (Phi) is 6.50. The molecule has 1 N–H and O–H groups in total. The standard InChI is InChI=1S/C37H52O4/c1-32(2)19-21-37(31(39)40)22-20-35(6)25(26(37)23-32)13-14-28-34(5)17-16-29(41-30(38)24-11-9-8-10-12-24)33(3,4)27(34)15-18-36(28,35)7/h8-13,26-29H,14-23H2,1-7H3,(H,39,40)/t26-,27-,28+,29-,34-,35+,36+,37-/m0/s1. The zero-order chi connectivity index (χ0) is 29.6. The summed E-state index contributed by atoms with van der Waals surface area (Å²) in [4.78, 5) is 26.0. The van der Waals surface area contributed by atoms with Gasteiger partial charge in [0.25, 0.3) is 0 Å². The van der Waals surface area contributed by atoms with Gasteiger partial charge in [-0.1, -0.05) is 78.3 Å². The van der Waals surface area contributed by atoms with Crippen molar-refractivity contribution in [2.45, 2.75) is 119 Å². The van der Waals surface area contributed by atoms with Gasteiger partial charge in [-0.25, -0.2) is 4.79 Å². The van der Waals surface area contributed by atoms with Gasteiger partial charge in [0.1, 0.15) is 6.10 Å². The van der Waals surface area contributed by atoms with Crippen LogP contribution in [0.2, 0.25) is 0 Å². The minimum absolute atomic E-state index is 0.0295. The molecule has 1 aromatic carbocycles. The molecule has 5 aliphatic carbocycles. The van der Waals surface area contributed by atoms with E-state index in [0.717, 1.165) is 64.2 Å². The highest BCUT2D eigenvalue weighted by atomic mass is 16.5. The van der Waals surface area contributed by atoms with E-state index in [4.69, 9.17) is 4.74 Å². The molecule has 41 heavy (non-hydrogen) atoms. The third-order valence-electron chi connectivity index (χ3n) is 14.3. The van der Waals surface area contributed by atoms with Gasteiger partial charge in [0.15, 0.2) is 0 Å². The van der Waals surface area contributed by atoms with Gasteiger partial charge >= 0.3 is 11.9 Å². The first kappa shape index (κ1) is 29.0. The lowest BCUT2D eigenvalue weighted by atomic mass is 9.33. The molecule has 1 aromatic rings. The number of hydrogen-bond acceptors (Lipinski definition) is 3. The van der Waals surface area contributed by atoms with Crippen molar-refractivity contribution in [1.29, 1.82) is 0 Å². The highest BCUT2D eigenvalue weighted by molar-refractivity contribution is 5.89. The highest BCUT2D eigenvalue weighted by Gasteiger charge is 2.69. The van der Waals surface area contributed by atoms with Crippen LogP contribution in [0.3, 0.4) is 0 Å². The van der Waals surface area contributed by atoms with Crippen molar-refractivity contribution in [1.82, 2.24) is 0 Å². The molecule has 6 rings (SSSR count). The Balaban J connectivity index is 1.32. The summed E-state index contributed by atoms with van der Waals surface area (Å²) in [7, 11) is 0. The zero-order valence-electron chi connectivity index (χ0n) is 26.5. The first-order chi connectivity index (χ1) is 19.1. The van der Waals surface area contributed by atoms with Crippen molar-refractivity contribution in [3.63, 3.8) is 0 Å². The van der Waals surface area contributed by atoms with Crippen molar-refractivity contribution in [2.24, 2.45) is 50.2 Å². The number of carboxylic acid groups (broad SMARTS) is 1. The van der Waals surface area contributed by atoms with E-state index in [2.05, 4.69) is 54.5 Å². The molecular weight excluding hydrogens is 508 g/mol. The number of benzene rings is 1. The summed E-state index contributed by atoms with van der Waals surface area (Å²) in [6.07, 6.45) is 12.4. The summed E-state index contributed by atoms with van der Waals surface area (Å²) in [6, 6.07) is 9.41. The molecule has 0 amide bonds. The van der Waals surface area contributed by atoms with E-state index in [1.807, 2.05) is 30.3 Å². The normalized spacial score (nSPS) is 44.2. The Labute approximate surface area is 247 Å². The molecule has 224 valence electrons. The van der Waals surface area contributed by atoms with Crippen LogP contribution in [0.25, 0.3) is 0 Å². The number of ether oxygens (including phenoxy) is 1. The van der Waals surface area contributed by atoms with Crippen LogP contribution in [0.15, 0.2) is 42.0 Å². The minimum atomic E-state index is -0.589. The maximum Gasteiger partial charge on any atom is 0.338 e. The van der Waals surface area contributed by atoms with Crippen LogP contribution < -0.4 is 0 Å². The van der Waals surface area contributed by atoms with Crippen molar-refractivity contribution in [2.75, 3.05) is 0 Å². The van der Waals surface area contributed by atoms with Gasteiger partial charge in [0.05, 0.1) is 11.0 Å². The lowest BCUT2D eigenvalue weighted by Gasteiger charge is -2.71. The molecule has 4 saturated carbocycles. The van der Waals surface area contributed by atoms with Gasteiger partial charge in [0, 0.05) is 5.41 Å². The molecule has 0 spiro atoms. The number of aliphatic carboxylic acids is 1. The first-order valence-corrected chi connectivity index (χ1v) is 16.3. The molecule has 5 aliphatic rings. The zero-order valence-corrected chi connectivity index (χ0v) is 26.5. The molecule has 8 atom stereocenters. The molecular formula is C37H52O4. The molecule has 4 nitrogen and oxygen atoms in total. The van der Waals surface area contributed by atoms with E-state index in [1.54, 1.807) is 0 Å². The van der Waals surface area contributed by atoms with Gasteiger partial charge in [-0.05, 0) is 116 Å². The van der Waals surface area contributed by atoms with E-state index >= 15 is 0 Å². The number of carbonyl (C=O) groups excluding carboxylic acids is 1. The predicted molar refractivity (Wildman–Crippen MR) is 162 cm³/mol. The molecule has 4 fully saturated rings. The van der Waals surface area contributed by atoms with E-state index in [-0.39, 0.29) is 45.1 Å². The average Bonchev–Trinajstić information content (AvgIpc) is 2.90. The van der Waals surface area contributed by atoms with Crippen LogP contribution in [0.1, 0.15) is 123 Å². The van der Waals surface area contributed by atoms with Crippen LogP contribution in [0.5, 0.6) is 0 Å². The Morgan fingerprint density at radius 3 is 2.20 bits per heavy atom. The molecule has 0 bridgehead atoms. The predicted octanol–water partition coefficient (Wildman–Crippen LogP) is 9.10. The largest absolute Gasteiger partial charge is 0.481 e. The summed E-state index contributed by atoms with van der Waals surface area (Å²) in [5.74, 6) is 0.403. The van der Waals surface area contributed by atoms with Crippen LogP contribution in [0, 0.1) is 50.2 Å². The van der Waals surface area contributed by atoms with Crippen LogP contribution in [-0.4, -0.2) is 23.1 Å². The number of rotatable bonds is 3. The Bertz CT molecular complexity index is 1260. The van der Waals surface area contributed by atoms with Crippen LogP contribution in [-0.2, 0) is 9.53 Å². The minimum Gasteiger partial charge on any atom is -0.481 e. The van der Waals surface area contributed by atoms with Gasteiger partial charge < -0.3 is 9.84 Å². The fraction of sp³-hybridized carbons (Fsp3) is 0.730. The Morgan fingerprint density at radius 1 is 0.829 bits per heavy atom. The highest BCUT2D eigenvalue weighted by Crippen LogP contribution is 2.75. The lowest BCUT2D eigenvalue weighted by Crippen LogP contribution is -2.65. The summed E-state index contributed by atoms with van der Waals surface area (Å²) in [5.41, 5.74) is 1.93. The number of allylic oxidation sites excluding steroid dienone is 2. The molecule has 0 unspecified atom stereocenters. The third-order valence-corrected chi connectivity index (χ3v) is 14.3. The average molecular weight is 561 g/mol. The first-order valence-electron chi connectivity index (χ1n) is 16.3. The van der Waals surface area contributed by atoms with E-state index in [0.29, 0.717) is 17.4 Å². The summed E-state index contributed by atoms with van der Waals surface area (Å²) >= 11 is 0. The second-order valence-electron chi connectivity index (χ2n) is 16.8. The number of hydrogen-bond donors (Lipinski definition) is 1. The summed E-state index contributed by atoms with van der Waals surface area (Å²) in [6.45, 7) is 17.0. The van der Waals surface area contributed by atoms with E-state index in [1.165, 1.54) is 5.57 Å². The number of esters is 1. The maximum absolute atomic E-state index is 13.1. The molecule has 0 aliphatic heterocycles.